The van der Waals surface area contributed by atoms with E-state index in [2.05, 4.69) is 10.3 Å². The van der Waals surface area contributed by atoms with Gasteiger partial charge < -0.3 is 5.32 Å². The fourth-order valence-electron chi connectivity index (χ4n) is 2.90. The maximum absolute atomic E-state index is 13.4. The minimum atomic E-state index is -0.493. The first-order chi connectivity index (χ1) is 9.59. The van der Waals surface area contributed by atoms with Crippen LogP contribution in [0.5, 0.6) is 0 Å². The van der Waals surface area contributed by atoms with Crippen LogP contribution < -0.4 is 5.32 Å². The maximum atomic E-state index is 13.4. The molecule has 1 fully saturated rings. The van der Waals surface area contributed by atoms with Crippen LogP contribution in [-0.2, 0) is 10.2 Å². The Balaban J connectivity index is 2.07. The summed E-state index contributed by atoms with van der Waals surface area (Å²) in [6, 6.07) is 11.0. The van der Waals surface area contributed by atoms with Crippen LogP contribution in [0.2, 0.25) is 0 Å². The van der Waals surface area contributed by atoms with Gasteiger partial charge in [0.25, 0.3) is 0 Å². The maximum Gasteiger partial charge on any atom is 0.221 e. The summed E-state index contributed by atoms with van der Waals surface area (Å²) >= 11 is 0. The molecule has 1 aromatic heterocycles. The van der Waals surface area contributed by atoms with Crippen LogP contribution >= 0.6 is 0 Å². The van der Waals surface area contributed by atoms with Crippen molar-refractivity contribution in [1.29, 1.82) is 0 Å². The lowest BCUT2D eigenvalue weighted by atomic mass is 9.74. The van der Waals surface area contributed by atoms with Crippen molar-refractivity contribution < 1.29 is 9.18 Å². The predicted octanol–water partition coefficient (Wildman–Crippen LogP) is 2.74. The van der Waals surface area contributed by atoms with Crippen molar-refractivity contribution in [3.8, 4) is 0 Å². The first-order valence-corrected chi connectivity index (χ1v) is 6.55. The number of carbonyl (C=O) groups excluding carboxylic acids is 1. The van der Waals surface area contributed by atoms with Gasteiger partial charge in [-0.1, -0.05) is 37.3 Å². The molecule has 4 heteroatoms. The normalized spacial score (nSPS) is 25.5. The molecular weight excluding hydrogens is 255 g/mol. The van der Waals surface area contributed by atoms with Gasteiger partial charge in [-0.15, -0.1) is 0 Å². The molecule has 1 aliphatic rings. The Morgan fingerprint density at radius 1 is 1.30 bits per heavy atom. The molecule has 1 amide bonds. The fourth-order valence-corrected chi connectivity index (χ4v) is 2.90. The van der Waals surface area contributed by atoms with Crippen LogP contribution in [-0.4, -0.2) is 10.9 Å². The summed E-state index contributed by atoms with van der Waals surface area (Å²) in [4.78, 5) is 15.8. The van der Waals surface area contributed by atoms with E-state index >= 15 is 0 Å². The largest absolute Gasteiger partial charge is 0.348 e. The summed E-state index contributed by atoms with van der Waals surface area (Å²) in [6.07, 6.45) is 3.14. The second-order valence-corrected chi connectivity index (χ2v) is 5.40. The van der Waals surface area contributed by atoms with E-state index in [-0.39, 0.29) is 17.8 Å². The molecule has 1 aromatic carbocycles. The third-order valence-electron chi connectivity index (χ3n) is 3.97. The molecule has 0 radical (unpaired) electrons. The highest BCUT2D eigenvalue weighted by Gasteiger charge is 2.45. The first kappa shape index (κ1) is 12.8. The molecule has 0 aliphatic carbocycles. The smallest absolute Gasteiger partial charge is 0.221 e. The SMILES string of the molecule is CC1(c2cncc(F)c2)CC(=O)NC1c1ccccc1. The van der Waals surface area contributed by atoms with Gasteiger partial charge >= 0.3 is 0 Å². The Kier molecular flexibility index (Phi) is 3.01. The minimum absolute atomic E-state index is 0.0226. The zero-order valence-corrected chi connectivity index (χ0v) is 11.1. The summed E-state index contributed by atoms with van der Waals surface area (Å²) in [5, 5.41) is 2.99. The minimum Gasteiger partial charge on any atom is -0.348 e. The van der Waals surface area contributed by atoms with Crippen molar-refractivity contribution in [2.45, 2.75) is 24.8 Å². The van der Waals surface area contributed by atoms with Gasteiger partial charge in [-0.3, -0.25) is 9.78 Å². The Labute approximate surface area is 116 Å². The van der Waals surface area contributed by atoms with Crippen LogP contribution in [0.25, 0.3) is 0 Å². The molecule has 0 spiro atoms. The van der Waals surface area contributed by atoms with Crippen molar-refractivity contribution in [2.75, 3.05) is 0 Å². The van der Waals surface area contributed by atoms with Gasteiger partial charge in [-0.2, -0.15) is 0 Å². The van der Waals surface area contributed by atoms with Crippen molar-refractivity contribution >= 4 is 5.91 Å². The highest BCUT2D eigenvalue weighted by Crippen LogP contribution is 2.43. The van der Waals surface area contributed by atoms with E-state index in [1.165, 1.54) is 12.3 Å². The number of hydrogen-bond donors (Lipinski definition) is 1. The van der Waals surface area contributed by atoms with E-state index in [9.17, 15) is 9.18 Å². The van der Waals surface area contributed by atoms with Crippen molar-refractivity contribution in [3.05, 3.63) is 65.7 Å². The zero-order chi connectivity index (χ0) is 14.2. The molecule has 0 saturated carbocycles. The summed E-state index contributed by atoms with van der Waals surface area (Å²) in [6.45, 7) is 1.97. The summed E-state index contributed by atoms with van der Waals surface area (Å²) in [5.74, 6) is -0.402. The van der Waals surface area contributed by atoms with Crippen LogP contribution in [0.1, 0.15) is 30.5 Å². The van der Waals surface area contributed by atoms with Gasteiger partial charge in [-0.25, -0.2) is 4.39 Å². The topological polar surface area (TPSA) is 42.0 Å². The van der Waals surface area contributed by atoms with Crippen molar-refractivity contribution in [2.24, 2.45) is 0 Å². The average molecular weight is 270 g/mol. The standard InChI is InChI=1S/C16H15FN2O/c1-16(12-7-13(17)10-18-9-12)8-14(20)19-15(16)11-5-3-2-4-6-11/h2-7,9-10,15H,8H2,1H3,(H,19,20). The number of halogens is 1. The number of carbonyl (C=O) groups is 1. The number of nitrogens with zero attached hydrogens (tertiary/aromatic N) is 1. The lowest BCUT2D eigenvalue weighted by Crippen LogP contribution is -2.30. The second-order valence-electron chi connectivity index (χ2n) is 5.40. The van der Waals surface area contributed by atoms with Gasteiger partial charge in [0, 0.05) is 18.0 Å². The molecule has 102 valence electrons. The van der Waals surface area contributed by atoms with Crippen LogP contribution in [0, 0.1) is 5.82 Å². The summed E-state index contributed by atoms with van der Waals surface area (Å²) in [5.41, 5.74) is 1.27. The molecule has 2 aromatic rings. The molecule has 0 bridgehead atoms. The van der Waals surface area contributed by atoms with E-state index in [0.29, 0.717) is 6.42 Å². The molecule has 1 saturated heterocycles. The Bertz CT molecular complexity index is 644. The van der Waals surface area contributed by atoms with Crippen molar-refractivity contribution in [3.63, 3.8) is 0 Å². The third-order valence-corrected chi connectivity index (χ3v) is 3.97. The lowest BCUT2D eigenvalue weighted by molar-refractivity contribution is -0.119. The molecule has 2 heterocycles. The van der Waals surface area contributed by atoms with E-state index in [1.807, 2.05) is 37.3 Å². The number of pyridine rings is 1. The van der Waals surface area contributed by atoms with Gasteiger partial charge in [0.05, 0.1) is 12.2 Å². The monoisotopic (exact) mass is 270 g/mol. The highest BCUT2D eigenvalue weighted by atomic mass is 19.1. The Hall–Kier alpha value is -2.23. The fraction of sp³-hybridized carbons (Fsp3) is 0.250. The third kappa shape index (κ3) is 2.07. The van der Waals surface area contributed by atoms with Crippen molar-refractivity contribution in [1.82, 2.24) is 10.3 Å². The van der Waals surface area contributed by atoms with Crippen LogP contribution in [0.4, 0.5) is 4.39 Å². The van der Waals surface area contributed by atoms with E-state index < -0.39 is 5.41 Å². The van der Waals surface area contributed by atoms with E-state index in [0.717, 1.165) is 11.1 Å². The highest BCUT2D eigenvalue weighted by molar-refractivity contribution is 5.81. The van der Waals surface area contributed by atoms with Crippen LogP contribution in [0.3, 0.4) is 0 Å². The molecule has 2 atom stereocenters. The number of hydrogen-bond acceptors (Lipinski definition) is 2. The predicted molar refractivity (Wildman–Crippen MR) is 73.5 cm³/mol. The number of amides is 1. The molecule has 20 heavy (non-hydrogen) atoms. The molecule has 3 nitrogen and oxygen atoms in total. The van der Waals surface area contributed by atoms with Crippen LogP contribution in [0.15, 0.2) is 48.8 Å². The van der Waals surface area contributed by atoms with E-state index in [4.69, 9.17) is 0 Å². The lowest BCUT2D eigenvalue weighted by Gasteiger charge is -2.30. The van der Waals surface area contributed by atoms with Gasteiger partial charge in [0.1, 0.15) is 5.82 Å². The molecule has 1 aliphatic heterocycles. The van der Waals surface area contributed by atoms with Gasteiger partial charge in [0.15, 0.2) is 0 Å². The van der Waals surface area contributed by atoms with E-state index in [1.54, 1.807) is 6.20 Å². The quantitative estimate of drug-likeness (QED) is 0.911. The number of nitrogens with one attached hydrogen (secondary N) is 1. The summed E-state index contributed by atoms with van der Waals surface area (Å²) < 4.78 is 13.4. The molecule has 3 rings (SSSR count). The number of benzene rings is 1. The number of aromatic nitrogens is 1. The Morgan fingerprint density at radius 3 is 2.75 bits per heavy atom. The first-order valence-electron chi connectivity index (χ1n) is 6.55. The average Bonchev–Trinajstić information content (AvgIpc) is 2.76. The summed E-state index contributed by atoms with van der Waals surface area (Å²) in [7, 11) is 0. The molecular formula is C16H15FN2O. The number of rotatable bonds is 2. The Morgan fingerprint density at radius 2 is 2.05 bits per heavy atom. The molecule has 2 unspecified atom stereocenters. The van der Waals surface area contributed by atoms with Gasteiger partial charge in [0.2, 0.25) is 5.91 Å². The molecule has 1 N–H and O–H groups in total. The van der Waals surface area contributed by atoms with Gasteiger partial charge in [-0.05, 0) is 17.2 Å². The zero-order valence-electron chi connectivity index (χ0n) is 11.1. The second kappa shape index (κ2) is 4.71.